The second-order valence-corrected chi connectivity index (χ2v) is 3.98. The molecule has 16 heavy (non-hydrogen) atoms. The Balaban J connectivity index is 2.49. The summed E-state index contributed by atoms with van der Waals surface area (Å²) in [5, 5.41) is 8.94. The van der Waals surface area contributed by atoms with Crippen LogP contribution >= 0.6 is 0 Å². The van der Waals surface area contributed by atoms with Crippen molar-refractivity contribution in [2.45, 2.75) is 25.3 Å². The largest absolute Gasteiger partial charge is 0.496 e. The van der Waals surface area contributed by atoms with Gasteiger partial charge in [-0.05, 0) is 42.0 Å². The maximum atomic E-state index is 10.9. The van der Waals surface area contributed by atoms with Crippen molar-refractivity contribution in [3.05, 3.63) is 28.8 Å². The Hall–Kier alpha value is -1.55. The molecule has 0 spiro atoms. The smallest absolute Gasteiger partial charge is 0.325 e. The van der Waals surface area contributed by atoms with Crippen LogP contribution in [0.3, 0.4) is 0 Å². The molecular weight excluding hydrogens is 206 g/mol. The van der Waals surface area contributed by atoms with Gasteiger partial charge in [0.2, 0.25) is 0 Å². The fourth-order valence-electron chi connectivity index (χ4n) is 2.32. The first-order valence-electron chi connectivity index (χ1n) is 5.32. The number of carboxylic acids is 1. The summed E-state index contributed by atoms with van der Waals surface area (Å²) in [5.41, 5.74) is 8.57. The highest BCUT2D eigenvalue weighted by atomic mass is 16.5. The summed E-state index contributed by atoms with van der Waals surface area (Å²) >= 11 is 0. The first-order chi connectivity index (χ1) is 7.65. The number of carboxylic acid groups (broad SMARTS) is 1. The average Bonchev–Trinajstić information content (AvgIpc) is 2.75. The van der Waals surface area contributed by atoms with E-state index in [1.807, 2.05) is 6.07 Å². The zero-order chi connectivity index (χ0) is 11.7. The van der Waals surface area contributed by atoms with Crippen LogP contribution in [0, 0.1) is 0 Å². The summed E-state index contributed by atoms with van der Waals surface area (Å²) < 4.78 is 5.26. The molecule has 2 rings (SSSR count). The van der Waals surface area contributed by atoms with Crippen LogP contribution in [0.25, 0.3) is 0 Å². The van der Waals surface area contributed by atoms with Gasteiger partial charge in [-0.15, -0.1) is 0 Å². The van der Waals surface area contributed by atoms with Crippen molar-refractivity contribution < 1.29 is 14.6 Å². The minimum Gasteiger partial charge on any atom is -0.496 e. The quantitative estimate of drug-likeness (QED) is 0.806. The molecule has 0 bridgehead atoms. The number of hydrogen-bond donors (Lipinski definition) is 2. The van der Waals surface area contributed by atoms with Gasteiger partial charge in [-0.25, -0.2) is 0 Å². The van der Waals surface area contributed by atoms with Crippen LogP contribution in [-0.4, -0.2) is 18.2 Å². The topological polar surface area (TPSA) is 72.5 Å². The molecule has 1 aliphatic carbocycles. The van der Waals surface area contributed by atoms with Crippen molar-refractivity contribution in [1.82, 2.24) is 0 Å². The summed E-state index contributed by atoms with van der Waals surface area (Å²) in [6.45, 7) is 0. The molecule has 4 nitrogen and oxygen atoms in total. The van der Waals surface area contributed by atoms with Gasteiger partial charge in [0, 0.05) is 0 Å². The SMILES string of the molecule is COc1ccc(C(N)C(=O)O)c2c1CCC2. The van der Waals surface area contributed by atoms with Gasteiger partial charge in [0.1, 0.15) is 11.8 Å². The Morgan fingerprint density at radius 1 is 1.44 bits per heavy atom. The third-order valence-electron chi connectivity index (χ3n) is 3.10. The van der Waals surface area contributed by atoms with E-state index in [-0.39, 0.29) is 0 Å². The van der Waals surface area contributed by atoms with Crippen molar-refractivity contribution in [2.24, 2.45) is 5.73 Å². The summed E-state index contributed by atoms with van der Waals surface area (Å²) in [4.78, 5) is 10.9. The van der Waals surface area contributed by atoms with Crippen molar-refractivity contribution in [3.8, 4) is 5.75 Å². The Morgan fingerprint density at radius 2 is 2.12 bits per heavy atom. The normalized spacial score (nSPS) is 15.6. The van der Waals surface area contributed by atoms with E-state index in [0.717, 1.165) is 41.7 Å². The molecule has 0 fully saturated rings. The van der Waals surface area contributed by atoms with Crippen LogP contribution in [0.2, 0.25) is 0 Å². The standard InChI is InChI=1S/C12H15NO3/c1-16-10-6-5-9(11(13)12(14)15)7-3-2-4-8(7)10/h5-6,11H,2-4,13H2,1H3,(H,14,15). The summed E-state index contributed by atoms with van der Waals surface area (Å²) in [7, 11) is 1.63. The van der Waals surface area contributed by atoms with Gasteiger partial charge < -0.3 is 15.6 Å². The van der Waals surface area contributed by atoms with Gasteiger partial charge >= 0.3 is 5.97 Å². The number of fused-ring (bicyclic) bond motifs is 1. The molecule has 1 atom stereocenters. The molecule has 0 aromatic heterocycles. The molecule has 1 aromatic carbocycles. The molecule has 0 saturated carbocycles. The van der Waals surface area contributed by atoms with E-state index >= 15 is 0 Å². The monoisotopic (exact) mass is 221 g/mol. The lowest BCUT2D eigenvalue weighted by atomic mass is 9.97. The lowest BCUT2D eigenvalue weighted by molar-refractivity contribution is -0.138. The highest BCUT2D eigenvalue weighted by Crippen LogP contribution is 2.35. The third kappa shape index (κ3) is 1.65. The Kier molecular flexibility index (Phi) is 2.83. The highest BCUT2D eigenvalue weighted by Gasteiger charge is 2.24. The highest BCUT2D eigenvalue weighted by molar-refractivity contribution is 5.76. The van der Waals surface area contributed by atoms with E-state index in [9.17, 15) is 4.79 Å². The number of nitrogens with two attached hydrogens (primary N) is 1. The minimum atomic E-state index is -0.987. The molecule has 3 N–H and O–H groups in total. The molecule has 1 aliphatic rings. The van der Waals surface area contributed by atoms with Crippen LogP contribution in [0.1, 0.15) is 29.2 Å². The van der Waals surface area contributed by atoms with Gasteiger partial charge in [-0.1, -0.05) is 6.07 Å². The third-order valence-corrected chi connectivity index (χ3v) is 3.10. The van der Waals surface area contributed by atoms with Crippen LogP contribution in [-0.2, 0) is 17.6 Å². The van der Waals surface area contributed by atoms with Gasteiger partial charge in [0.05, 0.1) is 7.11 Å². The first-order valence-corrected chi connectivity index (χ1v) is 5.32. The molecule has 1 aromatic rings. The zero-order valence-electron chi connectivity index (χ0n) is 9.19. The molecule has 1 unspecified atom stereocenters. The zero-order valence-corrected chi connectivity index (χ0v) is 9.19. The van der Waals surface area contributed by atoms with E-state index in [1.165, 1.54) is 0 Å². The van der Waals surface area contributed by atoms with E-state index < -0.39 is 12.0 Å². The average molecular weight is 221 g/mol. The fourth-order valence-corrected chi connectivity index (χ4v) is 2.32. The number of rotatable bonds is 3. The number of hydrogen-bond acceptors (Lipinski definition) is 3. The Labute approximate surface area is 94.0 Å². The van der Waals surface area contributed by atoms with Crippen LogP contribution in [0.5, 0.6) is 5.75 Å². The van der Waals surface area contributed by atoms with Crippen LogP contribution in [0.4, 0.5) is 0 Å². The molecule has 0 radical (unpaired) electrons. The Bertz CT molecular complexity index is 429. The summed E-state index contributed by atoms with van der Waals surface area (Å²) in [6, 6.07) is 2.64. The van der Waals surface area contributed by atoms with Crippen molar-refractivity contribution >= 4 is 5.97 Å². The van der Waals surface area contributed by atoms with E-state index in [2.05, 4.69) is 0 Å². The van der Waals surface area contributed by atoms with E-state index in [1.54, 1.807) is 13.2 Å². The number of carbonyl (C=O) groups is 1. The maximum Gasteiger partial charge on any atom is 0.325 e. The second-order valence-electron chi connectivity index (χ2n) is 3.98. The van der Waals surface area contributed by atoms with Crippen LogP contribution < -0.4 is 10.5 Å². The molecule has 0 heterocycles. The number of aliphatic carboxylic acids is 1. The number of methoxy groups -OCH3 is 1. The second kappa shape index (κ2) is 4.14. The molecule has 86 valence electrons. The van der Waals surface area contributed by atoms with Gasteiger partial charge in [0.25, 0.3) is 0 Å². The molecule has 0 aliphatic heterocycles. The van der Waals surface area contributed by atoms with Crippen molar-refractivity contribution in [3.63, 3.8) is 0 Å². The van der Waals surface area contributed by atoms with Crippen molar-refractivity contribution in [1.29, 1.82) is 0 Å². The molecule has 0 saturated heterocycles. The molecular formula is C12H15NO3. The maximum absolute atomic E-state index is 10.9. The minimum absolute atomic E-state index is 0.723. The lowest BCUT2D eigenvalue weighted by Crippen LogP contribution is -2.22. The van der Waals surface area contributed by atoms with E-state index in [0.29, 0.717) is 0 Å². The van der Waals surface area contributed by atoms with Crippen molar-refractivity contribution in [2.75, 3.05) is 7.11 Å². The molecule has 4 heteroatoms. The fraction of sp³-hybridized carbons (Fsp3) is 0.417. The predicted molar refractivity (Wildman–Crippen MR) is 59.6 cm³/mol. The summed E-state index contributed by atoms with van der Waals surface area (Å²) in [5.74, 6) is -0.145. The van der Waals surface area contributed by atoms with Gasteiger partial charge in [-0.2, -0.15) is 0 Å². The molecule has 0 amide bonds. The first kappa shape index (κ1) is 11.0. The van der Waals surface area contributed by atoms with E-state index in [4.69, 9.17) is 15.6 Å². The van der Waals surface area contributed by atoms with Crippen LogP contribution in [0.15, 0.2) is 12.1 Å². The summed E-state index contributed by atoms with van der Waals surface area (Å²) in [6.07, 6.45) is 2.87. The predicted octanol–water partition coefficient (Wildman–Crippen LogP) is 1.27. The Morgan fingerprint density at radius 3 is 2.75 bits per heavy atom. The van der Waals surface area contributed by atoms with Gasteiger partial charge in [0.15, 0.2) is 0 Å². The lowest BCUT2D eigenvalue weighted by Gasteiger charge is -2.14. The number of benzene rings is 1. The van der Waals surface area contributed by atoms with Gasteiger partial charge in [-0.3, -0.25) is 4.79 Å². The number of ether oxygens (including phenoxy) is 1.